The highest BCUT2D eigenvalue weighted by atomic mass is 35.5. The molecule has 0 spiro atoms. The standard InChI is InChI=1S/C13H18ClNO2.ClH/c1-15(2)8-3-9-17-13(16)10-11-4-6-12(14)7-5-11;/h4-7H,3,8-10H2,1-2H3;1H. The molecule has 0 atom stereocenters. The van der Waals surface area contributed by atoms with Gasteiger partial charge in [-0.3, -0.25) is 4.79 Å². The maximum Gasteiger partial charge on any atom is 1.00 e. The number of esters is 1. The number of ether oxygens (including phenoxy) is 1. The highest BCUT2D eigenvalue weighted by Crippen LogP contribution is 2.10. The van der Waals surface area contributed by atoms with Gasteiger partial charge in [0.25, 0.3) is 0 Å². The monoisotopic (exact) mass is 291 g/mol. The Morgan fingerprint density at radius 1 is 1.33 bits per heavy atom. The second kappa shape index (κ2) is 9.20. The Balaban J connectivity index is 0. The molecule has 5 heteroatoms. The molecule has 102 valence electrons. The summed E-state index contributed by atoms with van der Waals surface area (Å²) in [7, 11) is 3.99. The van der Waals surface area contributed by atoms with Crippen LogP contribution in [-0.2, 0) is 16.0 Å². The average Bonchev–Trinajstić information content (AvgIpc) is 2.27. The molecule has 0 saturated heterocycles. The van der Waals surface area contributed by atoms with E-state index in [2.05, 4.69) is 4.90 Å². The van der Waals surface area contributed by atoms with Crippen LogP contribution >= 0.6 is 11.6 Å². The number of benzene rings is 1. The summed E-state index contributed by atoms with van der Waals surface area (Å²) >= 11 is 5.76. The van der Waals surface area contributed by atoms with Gasteiger partial charge in [-0.05, 0) is 38.2 Å². The predicted octanol–water partition coefficient (Wildman–Crippen LogP) is -0.506. The van der Waals surface area contributed by atoms with E-state index >= 15 is 0 Å². The Labute approximate surface area is 121 Å². The Kier molecular flexibility index (Phi) is 8.81. The summed E-state index contributed by atoms with van der Waals surface area (Å²) in [6.45, 7) is 1.40. The van der Waals surface area contributed by atoms with Gasteiger partial charge in [0.1, 0.15) is 0 Å². The molecule has 0 aromatic heterocycles. The van der Waals surface area contributed by atoms with Crippen LogP contribution in [0.15, 0.2) is 24.3 Å². The van der Waals surface area contributed by atoms with E-state index in [-0.39, 0.29) is 19.8 Å². The van der Waals surface area contributed by atoms with Crippen molar-refractivity contribution in [1.29, 1.82) is 0 Å². The Morgan fingerprint density at radius 2 is 1.94 bits per heavy atom. The third-order valence-electron chi connectivity index (χ3n) is 2.27. The summed E-state index contributed by atoms with van der Waals surface area (Å²) in [5.41, 5.74) is 0.923. The number of rotatable bonds is 6. The van der Waals surface area contributed by atoms with Crippen LogP contribution in [0.4, 0.5) is 0 Å². The molecule has 0 aliphatic carbocycles. The van der Waals surface area contributed by atoms with E-state index in [0.29, 0.717) is 18.1 Å². The van der Waals surface area contributed by atoms with Crippen molar-refractivity contribution in [2.75, 3.05) is 27.2 Å². The number of hydrogen-bond donors (Lipinski definition) is 0. The molecule has 0 bridgehead atoms. The van der Waals surface area contributed by atoms with Crippen molar-refractivity contribution >= 4 is 17.6 Å². The third kappa shape index (κ3) is 7.54. The molecule has 0 saturated carbocycles. The first-order chi connectivity index (χ1) is 8.08. The van der Waals surface area contributed by atoms with Gasteiger partial charge in [0, 0.05) is 11.6 Å². The first-order valence-corrected chi connectivity index (χ1v) is 6.00. The molecule has 3 nitrogen and oxygen atoms in total. The zero-order valence-electron chi connectivity index (χ0n) is 11.7. The van der Waals surface area contributed by atoms with E-state index < -0.39 is 0 Å². The van der Waals surface area contributed by atoms with Crippen LogP contribution in [0, 0.1) is 0 Å². The highest BCUT2D eigenvalue weighted by Gasteiger charge is 2.04. The first-order valence-electron chi connectivity index (χ1n) is 5.63. The molecular weight excluding hydrogens is 273 g/mol. The zero-order valence-corrected chi connectivity index (χ0v) is 12.2. The van der Waals surface area contributed by atoms with Gasteiger partial charge in [0.05, 0.1) is 13.0 Å². The van der Waals surface area contributed by atoms with E-state index in [0.717, 1.165) is 18.5 Å². The summed E-state index contributed by atoms with van der Waals surface area (Å²) in [5, 5.41) is 0.674. The average molecular weight is 292 g/mol. The zero-order chi connectivity index (χ0) is 12.7. The number of hydrogen-bond acceptors (Lipinski definition) is 3. The van der Waals surface area contributed by atoms with Gasteiger partial charge in [-0.15, -0.1) is 0 Å². The van der Waals surface area contributed by atoms with Gasteiger partial charge in [-0.2, -0.15) is 0 Å². The molecule has 0 amide bonds. The van der Waals surface area contributed by atoms with Gasteiger partial charge in [0.15, 0.2) is 0 Å². The van der Waals surface area contributed by atoms with Crippen LogP contribution in [0.5, 0.6) is 0 Å². The smallest absolute Gasteiger partial charge is 1.00 e. The maximum absolute atomic E-state index is 11.5. The SMILES string of the molecule is CN(C)CCCOC(=O)Cc1ccc(Cl)cc1.[Cl-].[H+]. The number of carbonyl (C=O) groups is 1. The molecule has 1 aromatic carbocycles. The quantitative estimate of drug-likeness (QED) is 0.523. The molecule has 0 aliphatic heterocycles. The van der Waals surface area contributed by atoms with Crippen molar-refractivity contribution in [2.24, 2.45) is 0 Å². The maximum atomic E-state index is 11.5. The predicted molar refractivity (Wildman–Crippen MR) is 70.4 cm³/mol. The summed E-state index contributed by atoms with van der Waals surface area (Å²) in [4.78, 5) is 13.5. The number of carbonyl (C=O) groups excluding carboxylic acids is 1. The third-order valence-corrected chi connectivity index (χ3v) is 2.53. The highest BCUT2D eigenvalue weighted by molar-refractivity contribution is 6.30. The second-order valence-electron chi connectivity index (χ2n) is 4.18. The summed E-state index contributed by atoms with van der Waals surface area (Å²) in [5.74, 6) is -0.189. The molecule has 1 aromatic rings. The molecule has 0 unspecified atom stereocenters. The summed E-state index contributed by atoms with van der Waals surface area (Å²) < 4.78 is 5.13. The normalized spacial score (nSPS) is 10.0. The van der Waals surface area contributed by atoms with Gasteiger partial charge in [-0.25, -0.2) is 0 Å². The van der Waals surface area contributed by atoms with Crippen molar-refractivity contribution in [3.63, 3.8) is 0 Å². The lowest BCUT2D eigenvalue weighted by Crippen LogP contribution is -3.00. The fourth-order valence-corrected chi connectivity index (χ4v) is 1.51. The van der Waals surface area contributed by atoms with Crippen molar-refractivity contribution in [3.8, 4) is 0 Å². The Bertz CT molecular complexity index is 358. The molecule has 0 N–H and O–H groups in total. The lowest BCUT2D eigenvalue weighted by Gasteiger charge is -2.09. The largest absolute Gasteiger partial charge is 1.00 e. The molecular formula is C13H19Cl2NO2. The summed E-state index contributed by atoms with van der Waals surface area (Å²) in [6, 6.07) is 7.22. The van der Waals surface area contributed by atoms with E-state index in [1.165, 1.54) is 0 Å². The van der Waals surface area contributed by atoms with Crippen LogP contribution in [0.25, 0.3) is 0 Å². The van der Waals surface area contributed by atoms with E-state index in [1.807, 2.05) is 26.2 Å². The van der Waals surface area contributed by atoms with Gasteiger partial charge < -0.3 is 22.0 Å². The Hall–Kier alpha value is -0.770. The fraction of sp³-hybridized carbons (Fsp3) is 0.462. The number of nitrogens with zero attached hydrogens (tertiary/aromatic N) is 1. The molecule has 18 heavy (non-hydrogen) atoms. The lowest BCUT2D eigenvalue weighted by atomic mass is 10.1. The van der Waals surface area contributed by atoms with Crippen molar-refractivity contribution < 1.29 is 23.4 Å². The minimum Gasteiger partial charge on any atom is -1.00 e. The van der Waals surface area contributed by atoms with E-state index in [1.54, 1.807) is 12.1 Å². The minimum absolute atomic E-state index is 0. The summed E-state index contributed by atoms with van der Waals surface area (Å²) in [6.07, 6.45) is 1.17. The molecule has 0 heterocycles. The molecule has 1 rings (SSSR count). The second-order valence-corrected chi connectivity index (χ2v) is 4.62. The van der Waals surface area contributed by atoms with Crippen molar-refractivity contribution in [1.82, 2.24) is 4.90 Å². The number of halogens is 2. The van der Waals surface area contributed by atoms with Gasteiger partial charge >= 0.3 is 7.40 Å². The van der Waals surface area contributed by atoms with Crippen LogP contribution in [0.3, 0.4) is 0 Å². The fourth-order valence-electron chi connectivity index (χ4n) is 1.39. The Morgan fingerprint density at radius 3 is 2.50 bits per heavy atom. The van der Waals surface area contributed by atoms with Gasteiger partial charge in [0.2, 0.25) is 0 Å². The van der Waals surface area contributed by atoms with Crippen LogP contribution in [-0.4, -0.2) is 38.1 Å². The van der Waals surface area contributed by atoms with Crippen LogP contribution < -0.4 is 12.4 Å². The molecule has 0 fully saturated rings. The van der Waals surface area contributed by atoms with E-state index in [4.69, 9.17) is 16.3 Å². The topological polar surface area (TPSA) is 29.5 Å². The first kappa shape index (κ1) is 17.2. The van der Waals surface area contributed by atoms with Crippen LogP contribution in [0.1, 0.15) is 13.4 Å². The van der Waals surface area contributed by atoms with E-state index in [9.17, 15) is 4.79 Å². The van der Waals surface area contributed by atoms with Crippen LogP contribution in [0.2, 0.25) is 5.02 Å². The molecule has 0 aliphatic rings. The van der Waals surface area contributed by atoms with Crippen molar-refractivity contribution in [2.45, 2.75) is 12.8 Å². The van der Waals surface area contributed by atoms with Crippen molar-refractivity contribution in [3.05, 3.63) is 34.9 Å². The minimum atomic E-state index is -0.189. The van der Waals surface area contributed by atoms with Gasteiger partial charge in [-0.1, -0.05) is 23.7 Å². The molecule has 0 radical (unpaired) electrons. The lowest BCUT2D eigenvalue weighted by molar-refractivity contribution is -0.143.